The molecule has 188 valence electrons. The van der Waals surface area contributed by atoms with Crippen molar-refractivity contribution in [2.75, 3.05) is 0 Å². The van der Waals surface area contributed by atoms with E-state index in [1.807, 2.05) is 24.3 Å². The molecule has 0 amide bonds. The van der Waals surface area contributed by atoms with Crippen LogP contribution in [0.15, 0.2) is 60.7 Å². The summed E-state index contributed by atoms with van der Waals surface area (Å²) in [7, 11) is 0. The second kappa shape index (κ2) is 8.73. The van der Waals surface area contributed by atoms with E-state index < -0.39 is 10.3 Å². The highest BCUT2D eigenvalue weighted by Crippen LogP contribution is 2.44. The Morgan fingerprint density at radius 2 is 1.50 bits per heavy atom. The van der Waals surface area contributed by atoms with Gasteiger partial charge in [0, 0.05) is 23.1 Å². The van der Waals surface area contributed by atoms with Gasteiger partial charge in [0.15, 0.2) is 0 Å². The first-order valence-corrected chi connectivity index (χ1v) is 12.1. The molecule has 0 aliphatic rings. The van der Waals surface area contributed by atoms with Gasteiger partial charge < -0.3 is 5.11 Å². The number of phenols is 1. The molecule has 0 aliphatic heterocycles. The largest absolute Gasteiger partial charge is 0.505 e. The Morgan fingerprint density at radius 1 is 0.861 bits per heavy atom. The number of fused-ring (bicyclic) bond motifs is 1. The lowest BCUT2D eigenvalue weighted by molar-refractivity contribution is -0.384. The van der Waals surface area contributed by atoms with Gasteiger partial charge in [0.1, 0.15) is 22.5 Å². The first kappa shape index (κ1) is 25.4. The molecule has 1 aromatic heterocycles. The molecule has 0 fully saturated rings. The molecule has 3 aromatic carbocycles. The molecule has 0 saturated carbocycles. The third kappa shape index (κ3) is 4.83. The van der Waals surface area contributed by atoms with Crippen LogP contribution < -0.4 is 0 Å². The Labute approximate surface area is 211 Å². The summed E-state index contributed by atoms with van der Waals surface area (Å²) >= 11 is 0. The number of non-ortho nitro benzene ring substituents is 1. The summed E-state index contributed by atoms with van der Waals surface area (Å²) in [5, 5.41) is 31.9. The normalized spacial score (nSPS) is 12.8. The van der Waals surface area contributed by atoms with Gasteiger partial charge in [-0.3, -0.25) is 10.1 Å². The van der Waals surface area contributed by atoms with E-state index >= 15 is 0 Å². The molecular formula is C29H34N4O3. The minimum absolute atomic E-state index is 0.0512. The monoisotopic (exact) mass is 486 g/mol. The molecule has 4 rings (SSSR count). The predicted molar refractivity (Wildman–Crippen MR) is 143 cm³/mol. The molecule has 0 atom stereocenters. The van der Waals surface area contributed by atoms with E-state index in [-0.39, 0.29) is 22.3 Å². The van der Waals surface area contributed by atoms with Crippen LogP contribution >= 0.6 is 0 Å². The zero-order valence-corrected chi connectivity index (χ0v) is 22.0. The van der Waals surface area contributed by atoms with Crippen molar-refractivity contribution in [1.29, 1.82) is 0 Å². The molecular weight excluding hydrogens is 452 g/mol. The molecule has 0 unspecified atom stereocenters. The molecule has 36 heavy (non-hydrogen) atoms. The van der Waals surface area contributed by atoms with Crippen LogP contribution in [-0.2, 0) is 10.8 Å². The lowest BCUT2D eigenvalue weighted by Crippen LogP contribution is -2.27. The quantitative estimate of drug-likeness (QED) is 0.232. The summed E-state index contributed by atoms with van der Waals surface area (Å²) in [5.41, 5.74) is 3.62. The maximum atomic E-state index is 11.6. The van der Waals surface area contributed by atoms with E-state index in [1.54, 1.807) is 6.07 Å². The van der Waals surface area contributed by atoms with Gasteiger partial charge in [0.05, 0.1) is 4.92 Å². The number of phenolic OH excluding ortho intramolecular Hbond substituents is 1. The first-order chi connectivity index (χ1) is 16.7. The van der Waals surface area contributed by atoms with Gasteiger partial charge >= 0.3 is 0 Å². The molecule has 0 spiro atoms. The van der Waals surface area contributed by atoms with Crippen molar-refractivity contribution in [2.24, 2.45) is 5.41 Å². The van der Waals surface area contributed by atoms with E-state index in [2.05, 4.69) is 76.9 Å². The zero-order valence-electron chi connectivity index (χ0n) is 22.0. The summed E-state index contributed by atoms with van der Waals surface area (Å²) in [6.07, 6.45) is 0.927. The zero-order chi connectivity index (χ0) is 26.5. The smallest absolute Gasteiger partial charge is 0.271 e. The Hall–Kier alpha value is -3.74. The summed E-state index contributed by atoms with van der Waals surface area (Å²) in [4.78, 5) is 12.2. The number of benzene rings is 3. The van der Waals surface area contributed by atoms with Crippen LogP contribution in [0.4, 0.5) is 5.69 Å². The van der Waals surface area contributed by atoms with Crippen molar-refractivity contribution >= 4 is 16.7 Å². The van der Waals surface area contributed by atoms with Crippen molar-refractivity contribution in [3.05, 3.63) is 87.5 Å². The van der Waals surface area contributed by atoms with Gasteiger partial charge in [0.25, 0.3) is 5.69 Å². The third-order valence-corrected chi connectivity index (χ3v) is 6.80. The number of aromatic nitrogens is 3. The molecule has 0 aliphatic carbocycles. The molecule has 0 bridgehead atoms. The lowest BCUT2D eigenvalue weighted by Gasteiger charge is -2.35. The minimum Gasteiger partial charge on any atom is -0.505 e. The Bertz CT molecular complexity index is 1430. The fourth-order valence-corrected chi connectivity index (χ4v) is 5.20. The lowest BCUT2D eigenvalue weighted by atomic mass is 9.70. The first-order valence-electron chi connectivity index (χ1n) is 12.1. The highest BCUT2D eigenvalue weighted by atomic mass is 16.6. The van der Waals surface area contributed by atoms with Gasteiger partial charge in [-0.1, -0.05) is 84.9 Å². The average molecular weight is 487 g/mol. The highest BCUT2D eigenvalue weighted by Gasteiger charge is 2.33. The van der Waals surface area contributed by atoms with Crippen LogP contribution in [0.2, 0.25) is 0 Å². The molecule has 1 N–H and O–H groups in total. The second-order valence-electron chi connectivity index (χ2n) is 11.9. The van der Waals surface area contributed by atoms with E-state index in [0.717, 1.165) is 23.1 Å². The molecule has 7 heteroatoms. The molecule has 4 aromatic rings. The second-order valence-corrected chi connectivity index (χ2v) is 11.9. The molecule has 0 saturated heterocycles. The number of nitro benzene ring substituents is 1. The predicted octanol–water partition coefficient (Wildman–Crippen LogP) is 7.07. The van der Waals surface area contributed by atoms with Gasteiger partial charge in [-0.05, 0) is 40.5 Å². The fourth-order valence-electron chi connectivity index (χ4n) is 5.20. The number of aromatic hydroxyl groups is 1. The number of rotatable bonds is 6. The van der Waals surface area contributed by atoms with Crippen LogP contribution in [-0.4, -0.2) is 25.0 Å². The van der Waals surface area contributed by atoms with Gasteiger partial charge in [-0.15, -0.1) is 15.0 Å². The third-order valence-electron chi connectivity index (χ3n) is 6.80. The molecule has 1 heterocycles. The molecule has 0 radical (unpaired) electrons. The van der Waals surface area contributed by atoms with Crippen LogP contribution in [0.3, 0.4) is 0 Å². The summed E-state index contributed by atoms with van der Waals surface area (Å²) in [6.45, 7) is 15.3. The Balaban J connectivity index is 1.97. The van der Waals surface area contributed by atoms with Gasteiger partial charge in [-0.2, -0.15) is 0 Å². The van der Waals surface area contributed by atoms with Crippen molar-refractivity contribution in [2.45, 2.75) is 65.7 Å². The van der Waals surface area contributed by atoms with Crippen LogP contribution in [0, 0.1) is 15.5 Å². The van der Waals surface area contributed by atoms with E-state index in [0.29, 0.717) is 16.7 Å². The summed E-state index contributed by atoms with van der Waals surface area (Å²) in [5.74, 6) is 0.0916. The van der Waals surface area contributed by atoms with Crippen molar-refractivity contribution in [3.63, 3.8) is 0 Å². The van der Waals surface area contributed by atoms with Gasteiger partial charge in [0.2, 0.25) is 0 Å². The maximum absolute atomic E-state index is 11.6. The minimum atomic E-state index is -0.501. The summed E-state index contributed by atoms with van der Waals surface area (Å²) < 4.78 is 0. The van der Waals surface area contributed by atoms with E-state index in [1.165, 1.54) is 16.9 Å². The number of nitro groups is 1. The molecule has 7 nitrogen and oxygen atoms in total. The van der Waals surface area contributed by atoms with Crippen molar-refractivity contribution in [1.82, 2.24) is 15.0 Å². The number of hydrogen-bond donors (Lipinski definition) is 1. The topological polar surface area (TPSA) is 94.1 Å². The Kier molecular flexibility index (Phi) is 6.15. The van der Waals surface area contributed by atoms with Gasteiger partial charge in [-0.25, -0.2) is 0 Å². The maximum Gasteiger partial charge on any atom is 0.271 e. The standard InChI is InChI=1S/C29H34N4O3/c1-27(2,3)18-28(4,5)20-15-22(29(6,7)19-11-9-8-10-12-19)26(34)25(16-20)32-30-23-14-13-21(33(35)36)17-24(23)31-32/h8-17,34H,18H2,1-7H3. The van der Waals surface area contributed by atoms with Crippen LogP contribution in [0.1, 0.15) is 71.6 Å². The van der Waals surface area contributed by atoms with Crippen molar-refractivity contribution in [3.8, 4) is 11.4 Å². The summed E-state index contributed by atoms with van der Waals surface area (Å²) in [6, 6.07) is 18.5. The van der Waals surface area contributed by atoms with Crippen molar-refractivity contribution < 1.29 is 10.0 Å². The van der Waals surface area contributed by atoms with Crippen LogP contribution in [0.5, 0.6) is 5.75 Å². The average Bonchev–Trinajstić information content (AvgIpc) is 3.21. The van der Waals surface area contributed by atoms with Crippen LogP contribution in [0.25, 0.3) is 16.7 Å². The van der Waals surface area contributed by atoms with E-state index in [9.17, 15) is 15.2 Å². The highest BCUT2D eigenvalue weighted by molar-refractivity contribution is 5.77. The number of hydrogen-bond acceptors (Lipinski definition) is 5. The Morgan fingerprint density at radius 3 is 2.11 bits per heavy atom. The SMILES string of the molecule is CC(C)(C)CC(C)(C)c1cc(-n2nc3ccc([N+](=O)[O-])cc3n2)c(O)c(C(C)(C)c2ccccc2)c1. The fraction of sp³-hybridized carbons (Fsp3) is 0.379. The van der Waals surface area contributed by atoms with E-state index in [4.69, 9.17) is 0 Å². The number of nitrogens with zero attached hydrogens (tertiary/aromatic N) is 4.